The maximum atomic E-state index is 12.2. The number of carbonyl (C=O) groups is 4. The summed E-state index contributed by atoms with van der Waals surface area (Å²) in [6.45, 7) is 2.40. The van der Waals surface area contributed by atoms with Crippen LogP contribution in [0.1, 0.15) is 34.6 Å². The van der Waals surface area contributed by atoms with Crippen LogP contribution < -0.4 is 20.7 Å². The van der Waals surface area contributed by atoms with Crippen molar-refractivity contribution < 1.29 is 23.9 Å². The zero-order valence-corrected chi connectivity index (χ0v) is 15.8. The quantitative estimate of drug-likeness (QED) is 0.635. The molecule has 0 saturated carbocycles. The molecule has 2 aromatic carbocycles. The Hall–Kier alpha value is -3.68. The molecule has 3 N–H and O–H groups in total. The van der Waals surface area contributed by atoms with Gasteiger partial charge in [0.25, 0.3) is 11.8 Å². The van der Waals surface area contributed by atoms with Crippen molar-refractivity contribution in [1.29, 1.82) is 0 Å². The molecule has 0 aliphatic carbocycles. The van der Waals surface area contributed by atoms with Crippen molar-refractivity contribution in [3.05, 3.63) is 53.6 Å². The van der Waals surface area contributed by atoms with Gasteiger partial charge in [-0.05, 0) is 43.3 Å². The fourth-order valence-corrected chi connectivity index (χ4v) is 2.38. The predicted octanol–water partition coefficient (Wildman–Crippen LogP) is 2.22. The number of nitrogens with one attached hydrogen (secondary N) is 3. The molecule has 0 atom stereocenters. The molecule has 0 fully saturated rings. The Bertz CT molecular complexity index is 924. The maximum Gasteiger partial charge on any atom is 0.262 e. The third-order valence-electron chi connectivity index (χ3n) is 3.69. The molecule has 0 aliphatic rings. The Balaban J connectivity index is 2.09. The van der Waals surface area contributed by atoms with Crippen LogP contribution in [0.2, 0.25) is 0 Å². The number of hydrogen-bond acceptors (Lipinski definition) is 5. The van der Waals surface area contributed by atoms with Crippen LogP contribution in [0.15, 0.2) is 42.5 Å². The first-order valence-electron chi connectivity index (χ1n) is 8.47. The molecule has 0 saturated heterocycles. The van der Waals surface area contributed by atoms with E-state index < -0.39 is 5.91 Å². The normalized spacial score (nSPS) is 9.96. The lowest BCUT2D eigenvalue weighted by Gasteiger charge is -2.13. The van der Waals surface area contributed by atoms with Crippen molar-refractivity contribution in [3.8, 4) is 5.75 Å². The number of ether oxygens (including phenoxy) is 1. The topological polar surface area (TPSA) is 114 Å². The van der Waals surface area contributed by atoms with Gasteiger partial charge in [-0.1, -0.05) is 6.07 Å². The fraction of sp³-hybridized carbons (Fsp3) is 0.200. The van der Waals surface area contributed by atoms with Gasteiger partial charge in [0.05, 0.1) is 5.69 Å². The van der Waals surface area contributed by atoms with Crippen molar-refractivity contribution >= 4 is 34.9 Å². The van der Waals surface area contributed by atoms with Gasteiger partial charge < -0.3 is 20.7 Å². The maximum absolute atomic E-state index is 12.2. The minimum absolute atomic E-state index is 0.172. The Morgan fingerprint density at radius 3 is 2.32 bits per heavy atom. The lowest BCUT2D eigenvalue weighted by atomic mass is 10.1. The number of carbonyl (C=O) groups excluding carboxylic acids is 4. The van der Waals surface area contributed by atoms with Crippen molar-refractivity contribution in [2.24, 2.45) is 0 Å². The highest BCUT2D eigenvalue weighted by Crippen LogP contribution is 2.26. The van der Waals surface area contributed by atoms with E-state index in [0.717, 1.165) is 0 Å². The largest absolute Gasteiger partial charge is 0.482 e. The monoisotopic (exact) mass is 383 g/mol. The highest BCUT2D eigenvalue weighted by atomic mass is 16.5. The van der Waals surface area contributed by atoms with Gasteiger partial charge in [-0.3, -0.25) is 19.2 Å². The molecule has 2 rings (SSSR count). The number of amides is 3. The summed E-state index contributed by atoms with van der Waals surface area (Å²) in [5, 5.41) is 7.73. The number of anilines is 2. The van der Waals surface area contributed by atoms with Crippen molar-refractivity contribution in [1.82, 2.24) is 5.32 Å². The summed E-state index contributed by atoms with van der Waals surface area (Å²) in [5.41, 5.74) is 1.59. The smallest absolute Gasteiger partial charge is 0.262 e. The first-order valence-corrected chi connectivity index (χ1v) is 8.47. The van der Waals surface area contributed by atoms with Crippen molar-refractivity contribution in [2.45, 2.75) is 13.8 Å². The van der Waals surface area contributed by atoms with E-state index in [0.29, 0.717) is 22.5 Å². The zero-order chi connectivity index (χ0) is 20.7. The SMILES string of the molecule is CNC(=O)c1cccc(NC(=O)COc2cc(C(C)=O)ccc2NC(C)=O)c1. The summed E-state index contributed by atoms with van der Waals surface area (Å²) in [5.74, 6) is -1.01. The number of rotatable bonds is 7. The van der Waals surface area contributed by atoms with Crippen LogP contribution in [0.4, 0.5) is 11.4 Å². The minimum atomic E-state index is -0.462. The third kappa shape index (κ3) is 5.66. The number of hydrogen-bond donors (Lipinski definition) is 3. The molecule has 0 spiro atoms. The molecule has 2 aromatic rings. The second-order valence-electron chi connectivity index (χ2n) is 5.95. The molecule has 3 amide bonds. The summed E-state index contributed by atoms with van der Waals surface area (Å²) in [4.78, 5) is 46.8. The van der Waals surface area contributed by atoms with Gasteiger partial charge in [-0.15, -0.1) is 0 Å². The Kier molecular flexibility index (Phi) is 6.86. The van der Waals surface area contributed by atoms with Crippen molar-refractivity contribution in [3.63, 3.8) is 0 Å². The molecule has 8 nitrogen and oxygen atoms in total. The second-order valence-corrected chi connectivity index (χ2v) is 5.95. The summed E-state index contributed by atoms with van der Waals surface area (Å²) >= 11 is 0. The van der Waals surface area contributed by atoms with Crippen LogP contribution in [-0.2, 0) is 9.59 Å². The summed E-state index contributed by atoms with van der Waals surface area (Å²) in [7, 11) is 1.52. The van der Waals surface area contributed by atoms with Crippen molar-refractivity contribution in [2.75, 3.05) is 24.3 Å². The molecule has 0 aliphatic heterocycles. The van der Waals surface area contributed by atoms with E-state index in [1.54, 1.807) is 24.3 Å². The summed E-state index contributed by atoms with van der Waals surface area (Å²) in [6, 6.07) is 11.0. The van der Waals surface area contributed by atoms with Gasteiger partial charge in [0.1, 0.15) is 5.75 Å². The number of benzene rings is 2. The van der Waals surface area contributed by atoms with Gasteiger partial charge in [-0.25, -0.2) is 0 Å². The summed E-state index contributed by atoms with van der Waals surface area (Å²) < 4.78 is 5.50. The van der Waals surface area contributed by atoms with E-state index in [1.165, 1.54) is 39.1 Å². The average Bonchev–Trinajstić information content (AvgIpc) is 2.66. The predicted molar refractivity (Wildman–Crippen MR) is 105 cm³/mol. The van der Waals surface area contributed by atoms with Crippen LogP contribution in [0, 0.1) is 0 Å². The fourth-order valence-electron chi connectivity index (χ4n) is 2.38. The second kappa shape index (κ2) is 9.31. The van der Waals surface area contributed by atoms with E-state index in [2.05, 4.69) is 16.0 Å². The van der Waals surface area contributed by atoms with E-state index >= 15 is 0 Å². The Morgan fingerprint density at radius 2 is 1.68 bits per heavy atom. The van der Waals surface area contributed by atoms with E-state index in [9.17, 15) is 19.2 Å². The van der Waals surface area contributed by atoms with Crippen LogP contribution in [-0.4, -0.2) is 37.2 Å². The zero-order valence-electron chi connectivity index (χ0n) is 15.8. The van der Waals surface area contributed by atoms with Crippen LogP contribution in [0.3, 0.4) is 0 Å². The van der Waals surface area contributed by atoms with Gasteiger partial charge in [0, 0.05) is 30.8 Å². The molecular weight excluding hydrogens is 362 g/mol. The van der Waals surface area contributed by atoms with Gasteiger partial charge >= 0.3 is 0 Å². The molecule has 8 heteroatoms. The molecule has 0 unspecified atom stereocenters. The molecule has 0 aromatic heterocycles. The van der Waals surface area contributed by atoms with E-state index in [-0.39, 0.29) is 30.0 Å². The number of ketones is 1. The van der Waals surface area contributed by atoms with Gasteiger partial charge in [0.2, 0.25) is 5.91 Å². The summed E-state index contributed by atoms with van der Waals surface area (Å²) in [6.07, 6.45) is 0. The molecule has 0 radical (unpaired) electrons. The lowest BCUT2D eigenvalue weighted by Crippen LogP contribution is -2.22. The lowest BCUT2D eigenvalue weighted by molar-refractivity contribution is -0.118. The Labute approximate surface area is 162 Å². The van der Waals surface area contributed by atoms with E-state index in [4.69, 9.17) is 4.74 Å². The van der Waals surface area contributed by atoms with Crippen LogP contribution in [0.5, 0.6) is 5.75 Å². The Morgan fingerprint density at radius 1 is 0.929 bits per heavy atom. The minimum Gasteiger partial charge on any atom is -0.482 e. The van der Waals surface area contributed by atoms with Gasteiger partial charge in [-0.2, -0.15) is 0 Å². The third-order valence-corrected chi connectivity index (χ3v) is 3.69. The molecular formula is C20H21N3O5. The molecule has 0 bridgehead atoms. The highest BCUT2D eigenvalue weighted by molar-refractivity contribution is 5.98. The molecule has 146 valence electrons. The molecule has 0 heterocycles. The standard InChI is InChI=1S/C20H21N3O5/c1-12(24)14-7-8-17(22-13(2)25)18(10-14)28-11-19(26)23-16-6-4-5-15(9-16)20(27)21-3/h4-10H,11H2,1-3H3,(H,21,27)(H,22,25)(H,23,26). The van der Waals surface area contributed by atoms with E-state index in [1.807, 2.05) is 0 Å². The van der Waals surface area contributed by atoms with Crippen LogP contribution in [0.25, 0.3) is 0 Å². The highest BCUT2D eigenvalue weighted by Gasteiger charge is 2.12. The number of Topliss-reactive ketones (excluding diaryl/α,β-unsaturated/α-hetero) is 1. The average molecular weight is 383 g/mol. The van der Waals surface area contributed by atoms with Crippen LogP contribution >= 0.6 is 0 Å². The first kappa shape index (κ1) is 20.6. The first-order chi connectivity index (χ1) is 13.3. The van der Waals surface area contributed by atoms with Gasteiger partial charge in [0.15, 0.2) is 12.4 Å². The molecule has 28 heavy (non-hydrogen) atoms.